The molecule has 80 valence electrons. The Hall–Kier alpha value is -0.590. The maximum atomic E-state index is 8.90. The van der Waals surface area contributed by atoms with Crippen molar-refractivity contribution in [2.45, 2.75) is 32.6 Å². The van der Waals surface area contributed by atoms with Crippen molar-refractivity contribution < 1.29 is 5.11 Å². The second-order valence-corrected chi connectivity index (χ2v) is 4.33. The van der Waals surface area contributed by atoms with Crippen molar-refractivity contribution >= 4 is 0 Å². The summed E-state index contributed by atoms with van der Waals surface area (Å²) < 4.78 is 0. The van der Waals surface area contributed by atoms with Gasteiger partial charge in [0.2, 0.25) is 0 Å². The Balaban J connectivity index is 2.35. The van der Waals surface area contributed by atoms with E-state index in [2.05, 4.69) is 17.9 Å². The van der Waals surface area contributed by atoms with Crippen LogP contribution >= 0.6 is 0 Å². The first-order valence-corrected chi connectivity index (χ1v) is 5.46. The smallest absolute Gasteiger partial charge is 0.0628 e. The van der Waals surface area contributed by atoms with Crippen molar-refractivity contribution in [3.05, 3.63) is 0 Å². The van der Waals surface area contributed by atoms with Crippen LogP contribution in [0.4, 0.5) is 0 Å². The van der Waals surface area contributed by atoms with Crippen LogP contribution in [0.15, 0.2) is 0 Å². The van der Waals surface area contributed by atoms with Crippen molar-refractivity contribution in [3.8, 4) is 6.07 Å². The number of hydrogen-bond acceptors (Lipinski definition) is 3. The van der Waals surface area contributed by atoms with Gasteiger partial charge < -0.3 is 10.0 Å². The minimum absolute atomic E-state index is 0.225. The molecule has 0 unspecified atom stereocenters. The highest BCUT2D eigenvalue weighted by Gasteiger charge is 2.43. The van der Waals surface area contributed by atoms with Crippen molar-refractivity contribution in [2.75, 3.05) is 26.2 Å². The fraction of sp³-hybridized carbons (Fsp3) is 0.909. The second kappa shape index (κ2) is 5.33. The molecular formula is C11H20N2O. The summed E-state index contributed by atoms with van der Waals surface area (Å²) >= 11 is 0. The van der Waals surface area contributed by atoms with Crippen LogP contribution in [-0.4, -0.2) is 36.2 Å². The summed E-state index contributed by atoms with van der Waals surface area (Å²) in [6.07, 6.45) is 4.17. The van der Waals surface area contributed by atoms with Crippen molar-refractivity contribution in [2.24, 2.45) is 5.41 Å². The molecule has 0 atom stereocenters. The second-order valence-electron chi connectivity index (χ2n) is 4.33. The predicted molar refractivity (Wildman–Crippen MR) is 55.7 cm³/mol. The van der Waals surface area contributed by atoms with Gasteiger partial charge in [-0.3, -0.25) is 0 Å². The number of hydrogen-bond donors (Lipinski definition) is 1. The molecule has 1 saturated carbocycles. The average molecular weight is 196 g/mol. The molecule has 1 N–H and O–H groups in total. The molecule has 1 aliphatic rings. The topological polar surface area (TPSA) is 47.3 Å². The molecule has 0 spiro atoms. The first-order valence-electron chi connectivity index (χ1n) is 5.46. The molecule has 0 saturated heterocycles. The summed E-state index contributed by atoms with van der Waals surface area (Å²) in [6.45, 7) is 5.15. The SMILES string of the molecule is CCCN(CCO)CC1(CC#N)CC1. The van der Waals surface area contributed by atoms with Crippen LogP contribution in [0.5, 0.6) is 0 Å². The normalized spacial score (nSPS) is 18.1. The Morgan fingerprint density at radius 3 is 2.57 bits per heavy atom. The monoisotopic (exact) mass is 196 g/mol. The lowest BCUT2D eigenvalue weighted by Crippen LogP contribution is -2.33. The van der Waals surface area contributed by atoms with Gasteiger partial charge in [0.05, 0.1) is 12.7 Å². The van der Waals surface area contributed by atoms with E-state index < -0.39 is 0 Å². The lowest BCUT2D eigenvalue weighted by molar-refractivity contribution is 0.169. The van der Waals surface area contributed by atoms with E-state index in [0.29, 0.717) is 6.42 Å². The third-order valence-corrected chi connectivity index (χ3v) is 2.93. The Bertz CT molecular complexity index is 200. The highest BCUT2D eigenvalue weighted by atomic mass is 16.3. The van der Waals surface area contributed by atoms with Gasteiger partial charge in [0, 0.05) is 19.5 Å². The van der Waals surface area contributed by atoms with Crippen LogP contribution in [0.25, 0.3) is 0 Å². The number of nitrogens with zero attached hydrogens (tertiary/aromatic N) is 2. The number of nitriles is 1. The quantitative estimate of drug-likeness (QED) is 0.669. The molecule has 1 rings (SSSR count). The zero-order chi connectivity index (χ0) is 10.4. The molecule has 1 aliphatic carbocycles. The van der Waals surface area contributed by atoms with E-state index in [1.165, 1.54) is 12.8 Å². The van der Waals surface area contributed by atoms with E-state index in [1.807, 2.05) is 0 Å². The van der Waals surface area contributed by atoms with E-state index in [4.69, 9.17) is 10.4 Å². The molecule has 3 heteroatoms. The van der Waals surface area contributed by atoms with Gasteiger partial charge in [-0.05, 0) is 31.2 Å². The average Bonchev–Trinajstić information content (AvgIpc) is 2.86. The zero-order valence-electron chi connectivity index (χ0n) is 9.00. The Kier molecular flexibility index (Phi) is 4.37. The number of aliphatic hydroxyl groups excluding tert-OH is 1. The molecule has 14 heavy (non-hydrogen) atoms. The van der Waals surface area contributed by atoms with Gasteiger partial charge in [-0.25, -0.2) is 0 Å². The fourth-order valence-corrected chi connectivity index (χ4v) is 1.94. The summed E-state index contributed by atoms with van der Waals surface area (Å²) in [5.74, 6) is 0. The van der Waals surface area contributed by atoms with E-state index in [9.17, 15) is 0 Å². The van der Waals surface area contributed by atoms with Crippen LogP contribution in [0, 0.1) is 16.7 Å². The van der Waals surface area contributed by atoms with Crippen molar-refractivity contribution in [3.63, 3.8) is 0 Å². The maximum absolute atomic E-state index is 8.90. The minimum Gasteiger partial charge on any atom is -0.395 e. The largest absolute Gasteiger partial charge is 0.395 e. The third kappa shape index (κ3) is 3.28. The molecule has 3 nitrogen and oxygen atoms in total. The van der Waals surface area contributed by atoms with Gasteiger partial charge in [-0.2, -0.15) is 5.26 Å². The number of aliphatic hydroxyl groups is 1. The Labute approximate surface area is 86.3 Å². The first-order chi connectivity index (χ1) is 6.76. The molecule has 0 radical (unpaired) electrons. The fourth-order valence-electron chi connectivity index (χ4n) is 1.94. The van der Waals surface area contributed by atoms with Gasteiger partial charge in [0.1, 0.15) is 0 Å². The molecule has 0 aromatic heterocycles. The molecule has 0 bridgehead atoms. The van der Waals surface area contributed by atoms with Gasteiger partial charge in [0.15, 0.2) is 0 Å². The van der Waals surface area contributed by atoms with Gasteiger partial charge in [-0.15, -0.1) is 0 Å². The lowest BCUT2D eigenvalue weighted by atomic mass is 10.0. The molecular weight excluding hydrogens is 176 g/mol. The maximum Gasteiger partial charge on any atom is 0.0628 e. The standard InChI is InChI=1S/C11H20N2O/c1-2-7-13(8-9-14)10-11(3-4-11)5-6-12/h14H,2-5,7-10H2,1H3. The van der Waals surface area contributed by atoms with Gasteiger partial charge in [-0.1, -0.05) is 6.92 Å². The van der Waals surface area contributed by atoms with E-state index >= 15 is 0 Å². The van der Waals surface area contributed by atoms with Crippen LogP contribution in [0.1, 0.15) is 32.6 Å². The summed E-state index contributed by atoms with van der Waals surface area (Å²) in [7, 11) is 0. The summed E-state index contributed by atoms with van der Waals surface area (Å²) in [5.41, 5.74) is 0.277. The first kappa shape index (κ1) is 11.5. The van der Waals surface area contributed by atoms with Crippen LogP contribution in [0.3, 0.4) is 0 Å². The summed E-state index contributed by atoms with van der Waals surface area (Å²) in [5, 5.41) is 17.6. The van der Waals surface area contributed by atoms with Gasteiger partial charge >= 0.3 is 0 Å². The molecule has 0 aromatic carbocycles. The van der Waals surface area contributed by atoms with Crippen molar-refractivity contribution in [1.29, 1.82) is 5.26 Å². The molecule has 0 amide bonds. The highest BCUT2D eigenvalue weighted by molar-refractivity contribution is 5.01. The molecule has 0 aliphatic heterocycles. The summed E-state index contributed by atoms with van der Waals surface area (Å²) in [6, 6.07) is 2.27. The van der Waals surface area contributed by atoms with Crippen LogP contribution < -0.4 is 0 Å². The molecule has 0 aromatic rings. The summed E-state index contributed by atoms with van der Waals surface area (Å²) in [4.78, 5) is 2.28. The van der Waals surface area contributed by atoms with Gasteiger partial charge in [0.25, 0.3) is 0 Å². The zero-order valence-corrected chi connectivity index (χ0v) is 9.00. The predicted octanol–water partition coefficient (Wildman–Crippen LogP) is 1.38. The van der Waals surface area contributed by atoms with Crippen LogP contribution in [0.2, 0.25) is 0 Å². The minimum atomic E-state index is 0.225. The molecule has 0 heterocycles. The Morgan fingerprint density at radius 2 is 2.14 bits per heavy atom. The van der Waals surface area contributed by atoms with Crippen LogP contribution in [-0.2, 0) is 0 Å². The van der Waals surface area contributed by atoms with E-state index in [1.54, 1.807) is 0 Å². The molecule has 1 fully saturated rings. The highest BCUT2D eigenvalue weighted by Crippen LogP contribution is 2.49. The Morgan fingerprint density at radius 1 is 1.43 bits per heavy atom. The van der Waals surface area contributed by atoms with E-state index in [0.717, 1.165) is 26.1 Å². The van der Waals surface area contributed by atoms with Crippen molar-refractivity contribution in [1.82, 2.24) is 4.90 Å². The third-order valence-electron chi connectivity index (χ3n) is 2.93. The lowest BCUT2D eigenvalue weighted by Gasteiger charge is -2.25. The van der Waals surface area contributed by atoms with E-state index in [-0.39, 0.29) is 12.0 Å². The number of rotatable bonds is 7.